The first kappa shape index (κ1) is 14.6. The molecule has 1 fully saturated rings. The Labute approximate surface area is 128 Å². The van der Waals surface area contributed by atoms with Crippen molar-refractivity contribution in [2.75, 3.05) is 6.79 Å². The molecule has 0 saturated carbocycles. The van der Waals surface area contributed by atoms with Crippen LogP contribution in [-0.2, 0) is 0 Å². The number of rotatable bonds is 3. The van der Waals surface area contributed by atoms with Crippen LogP contribution in [0.3, 0.4) is 0 Å². The van der Waals surface area contributed by atoms with Crippen molar-refractivity contribution < 1.29 is 14.4 Å². The molecule has 7 nitrogen and oxygen atoms in total. The molecule has 7 heteroatoms. The highest BCUT2D eigenvalue weighted by molar-refractivity contribution is 5.87. The number of fused-ring (bicyclic) bond motifs is 1. The van der Waals surface area contributed by atoms with E-state index in [1.165, 1.54) is 12.5 Å². The monoisotopic (exact) mass is 305 g/mol. The van der Waals surface area contributed by atoms with Crippen LogP contribution in [-0.4, -0.2) is 35.0 Å². The van der Waals surface area contributed by atoms with Gasteiger partial charge in [0, 0.05) is 12.1 Å². The zero-order valence-corrected chi connectivity index (χ0v) is 12.7. The maximum Gasteiger partial charge on any atom is 0.282 e. The van der Waals surface area contributed by atoms with Crippen LogP contribution in [0, 0.1) is 10.1 Å². The molecule has 2 aliphatic heterocycles. The maximum absolute atomic E-state index is 11.2. The highest BCUT2D eigenvalue weighted by Gasteiger charge is 2.25. The van der Waals surface area contributed by atoms with E-state index < -0.39 is 4.92 Å². The first-order chi connectivity index (χ1) is 10.6. The Morgan fingerprint density at radius 1 is 1.27 bits per heavy atom. The van der Waals surface area contributed by atoms with Crippen molar-refractivity contribution >= 4 is 11.9 Å². The molecule has 2 atom stereocenters. The van der Waals surface area contributed by atoms with E-state index in [-0.39, 0.29) is 12.5 Å². The van der Waals surface area contributed by atoms with Gasteiger partial charge in [0.15, 0.2) is 11.5 Å². The second-order valence-corrected chi connectivity index (χ2v) is 5.77. The third-order valence-corrected chi connectivity index (χ3v) is 4.20. The number of nitro groups is 1. The molecule has 22 heavy (non-hydrogen) atoms. The molecule has 0 bridgehead atoms. The van der Waals surface area contributed by atoms with Crippen molar-refractivity contribution in [3.05, 3.63) is 27.8 Å². The first-order valence-electron chi connectivity index (χ1n) is 7.46. The minimum absolute atomic E-state index is 0.0229. The average molecular weight is 305 g/mol. The molecule has 0 aliphatic carbocycles. The summed E-state index contributed by atoms with van der Waals surface area (Å²) in [4.78, 5) is 10.8. The third-order valence-electron chi connectivity index (χ3n) is 4.20. The Bertz CT molecular complexity index is 607. The van der Waals surface area contributed by atoms with E-state index in [0.717, 1.165) is 12.8 Å². The summed E-state index contributed by atoms with van der Waals surface area (Å²) in [5, 5.41) is 17.8. The summed E-state index contributed by atoms with van der Waals surface area (Å²) in [6.07, 6.45) is 4.92. The van der Waals surface area contributed by atoms with Gasteiger partial charge in [0.1, 0.15) is 0 Å². The second-order valence-electron chi connectivity index (χ2n) is 5.77. The number of nitro benzene ring substituents is 1. The number of hydrogen-bond donors (Lipinski definition) is 0. The lowest BCUT2D eigenvalue weighted by Crippen LogP contribution is -2.39. The van der Waals surface area contributed by atoms with E-state index in [2.05, 4.69) is 18.9 Å². The molecule has 0 amide bonds. The van der Waals surface area contributed by atoms with Crippen LogP contribution < -0.4 is 9.47 Å². The lowest BCUT2D eigenvalue weighted by atomic mass is 10.00. The van der Waals surface area contributed by atoms with E-state index in [4.69, 9.17) is 9.47 Å². The van der Waals surface area contributed by atoms with Gasteiger partial charge in [0.25, 0.3) is 5.69 Å². The Kier molecular flexibility index (Phi) is 3.87. The number of hydrazone groups is 1. The van der Waals surface area contributed by atoms with Crippen LogP contribution in [0.25, 0.3) is 0 Å². The summed E-state index contributed by atoms with van der Waals surface area (Å²) in [5.41, 5.74) is 0.407. The van der Waals surface area contributed by atoms with Crippen LogP contribution in [0.5, 0.6) is 11.5 Å². The molecule has 1 aromatic carbocycles. The molecule has 2 aliphatic rings. The van der Waals surface area contributed by atoms with Gasteiger partial charge in [-0.05, 0) is 39.2 Å². The normalized spacial score (nSPS) is 24.0. The van der Waals surface area contributed by atoms with E-state index in [1.807, 2.05) is 5.01 Å². The van der Waals surface area contributed by atoms with E-state index in [9.17, 15) is 10.1 Å². The van der Waals surface area contributed by atoms with Crippen molar-refractivity contribution in [1.82, 2.24) is 5.01 Å². The second kappa shape index (κ2) is 5.82. The molecule has 0 unspecified atom stereocenters. The Hall–Kier alpha value is -2.31. The molecular formula is C15H19N3O4. The minimum Gasteiger partial charge on any atom is -0.454 e. The summed E-state index contributed by atoms with van der Waals surface area (Å²) >= 11 is 0. The predicted octanol–water partition coefficient (Wildman–Crippen LogP) is 2.92. The van der Waals surface area contributed by atoms with Crippen molar-refractivity contribution in [1.29, 1.82) is 0 Å². The Balaban J connectivity index is 1.90. The number of nitrogens with zero attached hydrogens (tertiary/aromatic N) is 3. The fourth-order valence-corrected chi connectivity index (χ4v) is 2.97. The maximum atomic E-state index is 11.2. The summed E-state index contributed by atoms with van der Waals surface area (Å²) in [7, 11) is 0. The van der Waals surface area contributed by atoms with Gasteiger partial charge in [-0.15, -0.1) is 0 Å². The highest BCUT2D eigenvalue weighted by atomic mass is 16.7. The Morgan fingerprint density at radius 3 is 2.55 bits per heavy atom. The molecular weight excluding hydrogens is 286 g/mol. The van der Waals surface area contributed by atoms with Crippen LogP contribution in [0.4, 0.5) is 5.69 Å². The average Bonchev–Trinajstić information content (AvgIpc) is 2.93. The van der Waals surface area contributed by atoms with E-state index in [1.54, 1.807) is 12.3 Å². The largest absolute Gasteiger partial charge is 0.454 e. The number of ether oxygens (including phenoxy) is 2. The quantitative estimate of drug-likeness (QED) is 0.487. The molecule has 0 spiro atoms. The molecule has 0 radical (unpaired) electrons. The first-order valence-corrected chi connectivity index (χ1v) is 7.46. The van der Waals surface area contributed by atoms with Gasteiger partial charge in [-0.3, -0.25) is 15.1 Å². The lowest BCUT2D eigenvalue weighted by molar-refractivity contribution is -0.385. The van der Waals surface area contributed by atoms with Crippen LogP contribution in [0.2, 0.25) is 0 Å². The van der Waals surface area contributed by atoms with Crippen molar-refractivity contribution in [3.63, 3.8) is 0 Å². The summed E-state index contributed by atoms with van der Waals surface area (Å²) < 4.78 is 10.5. The molecule has 0 aromatic heterocycles. The zero-order chi connectivity index (χ0) is 15.7. The zero-order valence-electron chi connectivity index (χ0n) is 12.7. The topological polar surface area (TPSA) is 77.2 Å². The summed E-state index contributed by atoms with van der Waals surface area (Å²) in [6, 6.07) is 3.69. The van der Waals surface area contributed by atoms with Gasteiger partial charge in [-0.25, -0.2) is 0 Å². The molecule has 1 aromatic rings. The number of hydrogen-bond acceptors (Lipinski definition) is 6. The minimum atomic E-state index is -0.424. The Morgan fingerprint density at radius 2 is 1.91 bits per heavy atom. The van der Waals surface area contributed by atoms with E-state index in [0.29, 0.717) is 29.1 Å². The van der Waals surface area contributed by atoms with Gasteiger partial charge in [-0.2, -0.15) is 5.10 Å². The predicted molar refractivity (Wildman–Crippen MR) is 81.4 cm³/mol. The molecule has 3 rings (SSSR count). The molecule has 2 heterocycles. The fourth-order valence-electron chi connectivity index (χ4n) is 2.97. The van der Waals surface area contributed by atoms with Crippen molar-refractivity contribution in [2.24, 2.45) is 5.10 Å². The molecule has 1 saturated heterocycles. The van der Waals surface area contributed by atoms with Crippen LogP contribution in [0.15, 0.2) is 17.2 Å². The number of benzene rings is 1. The number of piperidine rings is 1. The van der Waals surface area contributed by atoms with Crippen molar-refractivity contribution in [2.45, 2.75) is 45.2 Å². The lowest BCUT2D eigenvalue weighted by Gasteiger charge is -2.36. The molecule has 0 N–H and O–H groups in total. The third kappa shape index (κ3) is 2.70. The van der Waals surface area contributed by atoms with Gasteiger partial charge in [0.2, 0.25) is 6.79 Å². The smallest absolute Gasteiger partial charge is 0.282 e. The van der Waals surface area contributed by atoms with Gasteiger partial charge >= 0.3 is 0 Å². The fraction of sp³-hybridized carbons (Fsp3) is 0.533. The summed E-state index contributed by atoms with van der Waals surface area (Å²) in [6.45, 7) is 4.34. The van der Waals surface area contributed by atoms with Gasteiger partial charge in [0.05, 0.1) is 22.8 Å². The highest BCUT2D eigenvalue weighted by Crippen LogP contribution is 2.37. The van der Waals surface area contributed by atoms with Crippen LogP contribution >= 0.6 is 0 Å². The van der Waals surface area contributed by atoms with E-state index >= 15 is 0 Å². The molecule has 118 valence electrons. The summed E-state index contributed by atoms with van der Waals surface area (Å²) in [5.74, 6) is 0.926. The SMILES string of the molecule is C[C@@H]1CCC[C@@H](C)N1/N=C\c1cc2c(cc1[N+](=O)[O-])OCO2. The van der Waals surface area contributed by atoms with Gasteiger partial charge in [-0.1, -0.05) is 0 Å². The van der Waals surface area contributed by atoms with Gasteiger partial charge < -0.3 is 9.47 Å². The van der Waals surface area contributed by atoms with Crippen molar-refractivity contribution in [3.8, 4) is 11.5 Å². The van der Waals surface area contributed by atoms with Crippen LogP contribution in [0.1, 0.15) is 38.7 Å². The standard InChI is InChI=1S/C15H19N3O4/c1-10-4-3-5-11(2)17(10)16-8-12-6-14-15(22-9-21-14)7-13(12)18(19)20/h6-8,10-11H,3-5,9H2,1-2H3/b16-8-/t10-,11-/m1/s1.